The molecule has 0 N–H and O–H groups in total. The Kier molecular flexibility index (Phi) is 5.94. The highest BCUT2D eigenvalue weighted by atomic mass is 32.2. The van der Waals surface area contributed by atoms with Gasteiger partial charge in [-0.2, -0.15) is 0 Å². The summed E-state index contributed by atoms with van der Waals surface area (Å²) in [5, 5.41) is 0.916. The number of aromatic nitrogens is 2. The molecule has 0 saturated carbocycles. The van der Waals surface area contributed by atoms with Crippen LogP contribution in [0.3, 0.4) is 0 Å². The van der Waals surface area contributed by atoms with Gasteiger partial charge in [0.05, 0.1) is 23.9 Å². The Morgan fingerprint density at radius 2 is 1.79 bits per heavy atom. The lowest BCUT2D eigenvalue weighted by atomic mass is 10.2. The number of hydrogen-bond acceptors (Lipinski definition) is 5. The molecule has 0 atom stereocenters. The molecule has 0 bridgehead atoms. The number of carbonyl (C=O) groups is 1. The van der Waals surface area contributed by atoms with E-state index in [1.54, 1.807) is 7.11 Å². The fraction of sp³-hybridized carbons (Fsp3) is 0.364. The molecule has 0 unspecified atom stereocenters. The van der Waals surface area contributed by atoms with Gasteiger partial charge >= 0.3 is 0 Å². The maximum Gasteiger partial charge on any atom is 0.233 e. The molecule has 2 aromatic carbocycles. The summed E-state index contributed by atoms with van der Waals surface area (Å²) in [6.07, 6.45) is 0. The van der Waals surface area contributed by atoms with Crippen molar-refractivity contribution in [2.24, 2.45) is 0 Å². The number of aryl methyl sites for hydroxylation is 1. The van der Waals surface area contributed by atoms with Gasteiger partial charge in [-0.15, -0.1) is 0 Å². The predicted molar refractivity (Wildman–Crippen MR) is 118 cm³/mol. The second-order valence-electron chi connectivity index (χ2n) is 6.98. The molecule has 1 fully saturated rings. The number of para-hydroxylation sites is 2. The second kappa shape index (κ2) is 8.78. The van der Waals surface area contributed by atoms with E-state index in [-0.39, 0.29) is 5.91 Å². The molecule has 1 aliphatic heterocycles. The molecule has 1 aliphatic rings. The van der Waals surface area contributed by atoms with Gasteiger partial charge in [0.15, 0.2) is 5.16 Å². The molecule has 3 aromatic rings. The number of anilines is 1. The lowest BCUT2D eigenvalue weighted by Crippen LogP contribution is -2.49. The summed E-state index contributed by atoms with van der Waals surface area (Å²) in [5.74, 6) is 1.46. The molecule has 6 nitrogen and oxygen atoms in total. The van der Waals surface area contributed by atoms with Crippen molar-refractivity contribution in [3.8, 4) is 5.75 Å². The zero-order chi connectivity index (χ0) is 20.2. The van der Waals surface area contributed by atoms with Crippen LogP contribution < -0.4 is 9.64 Å². The molecule has 1 saturated heterocycles. The molecule has 29 heavy (non-hydrogen) atoms. The molecule has 0 radical (unpaired) electrons. The Bertz CT molecular complexity index is 978. The summed E-state index contributed by atoms with van der Waals surface area (Å²) >= 11 is 1.53. The number of thioether (sulfide) groups is 1. The lowest BCUT2D eigenvalue weighted by Gasteiger charge is -2.36. The first-order chi connectivity index (χ1) is 14.2. The Balaban J connectivity index is 1.33. The number of ether oxygens (including phenoxy) is 1. The summed E-state index contributed by atoms with van der Waals surface area (Å²) in [4.78, 5) is 21.7. The standard InChI is InChI=1S/C22H26N4O2S/c1-3-26-20-7-5-4-6-19(20)23-22(26)29-16-21(27)25-14-12-24(13-15-25)17-8-10-18(28-2)11-9-17/h4-11H,3,12-16H2,1-2H3. The molecular formula is C22H26N4O2S. The van der Waals surface area contributed by atoms with Crippen molar-refractivity contribution in [2.45, 2.75) is 18.6 Å². The monoisotopic (exact) mass is 410 g/mol. The molecule has 152 valence electrons. The van der Waals surface area contributed by atoms with Crippen LogP contribution in [0.2, 0.25) is 0 Å². The number of hydrogen-bond donors (Lipinski definition) is 0. The molecule has 1 amide bonds. The largest absolute Gasteiger partial charge is 0.497 e. The fourth-order valence-corrected chi connectivity index (χ4v) is 4.68. The van der Waals surface area contributed by atoms with E-state index in [9.17, 15) is 4.79 Å². The van der Waals surface area contributed by atoms with Gasteiger partial charge in [0.1, 0.15) is 5.75 Å². The number of benzene rings is 2. The second-order valence-corrected chi connectivity index (χ2v) is 7.92. The third-order valence-electron chi connectivity index (χ3n) is 5.33. The SMILES string of the molecule is CCn1c(SCC(=O)N2CCN(c3ccc(OC)cc3)CC2)nc2ccccc21. The normalized spacial score (nSPS) is 14.4. The number of piperazine rings is 1. The van der Waals surface area contributed by atoms with Crippen molar-refractivity contribution in [1.82, 2.24) is 14.5 Å². The summed E-state index contributed by atoms with van der Waals surface area (Å²) in [7, 11) is 1.67. The highest BCUT2D eigenvalue weighted by Gasteiger charge is 2.22. The van der Waals surface area contributed by atoms with Gasteiger partial charge < -0.3 is 19.1 Å². The first-order valence-corrected chi connectivity index (χ1v) is 10.9. The zero-order valence-electron chi connectivity index (χ0n) is 16.9. The number of nitrogens with zero attached hydrogens (tertiary/aromatic N) is 4. The Hall–Kier alpha value is -2.67. The van der Waals surface area contributed by atoms with Crippen LogP contribution in [0, 0.1) is 0 Å². The maximum atomic E-state index is 12.7. The minimum atomic E-state index is 0.180. The van der Waals surface area contributed by atoms with E-state index in [1.807, 2.05) is 35.2 Å². The highest BCUT2D eigenvalue weighted by molar-refractivity contribution is 7.99. The van der Waals surface area contributed by atoms with Gasteiger partial charge in [0.2, 0.25) is 5.91 Å². The van der Waals surface area contributed by atoms with Crippen molar-refractivity contribution in [1.29, 1.82) is 0 Å². The highest BCUT2D eigenvalue weighted by Crippen LogP contribution is 2.25. The van der Waals surface area contributed by atoms with E-state index in [4.69, 9.17) is 9.72 Å². The Morgan fingerprint density at radius 1 is 1.07 bits per heavy atom. The van der Waals surface area contributed by atoms with E-state index in [0.29, 0.717) is 5.75 Å². The Morgan fingerprint density at radius 3 is 2.48 bits per heavy atom. The van der Waals surface area contributed by atoms with Gasteiger partial charge in [-0.05, 0) is 43.3 Å². The van der Waals surface area contributed by atoms with E-state index < -0.39 is 0 Å². The van der Waals surface area contributed by atoms with Crippen molar-refractivity contribution < 1.29 is 9.53 Å². The third kappa shape index (κ3) is 4.19. The van der Waals surface area contributed by atoms with Gasteiger partial charge in [0.25, 0.3) is 0 Å². The fourth-order valence-electron chi connectivity index (χ4n) is 3.69. The van der Waals surface area contributed by atoms with E-state index in [0.717, 1.165) is 54.7 Å². The van der Waals surface area contributed by atoms with Crippen molar-refractivity contribution in [3.05, 3.63) is 48.5 Å². The number of rotatable bonds is 6. The summed E-state index contributed by atoms with van der Waals surface area (Å²) in [5.41, 5.74) is 3.28. The molecular weight excluding hydrogens is 384 g/mol. The maximum absolute atomic E-state index is 12.7. The van der Waals surface area contributed by atoms with Crippen molar-refractivity contribution in [3.63, 3.8) is 0 Å². The van der Waals surface area contributed by atoms with Crippen LogP contribution in [0.25, 0.3) is 11.0 Å². The minimum Gasteiger partial charge on any atom is -0.497 e. The van der Waals surface area contributed by atoms with Crippen molar-refractivity contribution >= 4 is 34.4 Å². The van der Waals surface area contributed by atoms with Crippen LogP contribution in [-0.2, 0) is 11.3 Å². The number of amides is 1. The molecule has 2 heterocycles. The molecule has 4 rings (SSSR count). The molecule has 7 heteroatoms. The average Bonchev–Trinajstić information content (AvgIpc) is 3.15. The Labute approximate surface area is 175 Å². The number of methoxy groups -OCH3 is 1. The van der Waals surface area contributed by atoms with Crippen LogP contribution in [0.1, 0.15) is 6.92 Å². The van der Waals surface area contributed by atoms with Crippen LogP contribution >= 0.6 is 11.8 Å². The van der Waals surface area contributed by atoms with Crippen LogP contribution in [0.5, 0.6) is 5.75 Å². The van der Waals surface area contributed by atoms with Gasteiger partial charge in [-0.3, -0.25) is 4.79 Å². The zero-order valence-corrected chi connectivity index (χ0v) is 17.7. The smallest absolute Gasteiger partial charge is 0.233 e. The minimum absolute atomic E-state index is 0.180. The number of imidazole rings is 1. The van der Waals surface area contributed by atoms with Gasteiger partial charge in [-0.25, -0.2) is 4.98 Å². The van der Waals surface area contributed by atoms with E-state index >= 15 is 0 Å². The lowest BCUT2D eigenvalue weighted by molar-refractivity contribution is -0.128. The first-order valence-electron chi connectivity index (χ1n) is 9.94. The van der Waals surface area contributed by atoms with Crippen LogP contribution in [0.15, 0.2) is 53.7 Å². The quantitative estimate of drug-likeness (QED) is 0.582. The summed E-state index contributed by atoms with van der Waals surface area (Å²) in [6, 6.07) is 16.2. The molecule has 0 aliphatic carbocycles. The van der Waals surface area contributed by atoms with Gasteiger partial charge in [0, 0.05) is 38.4 Å². The topological polar surface area (TPSA) is 50.6 Å². The van der Waals surface area contributed by atoms with Crippen LogP contribution in [0.4, 0.5) is 5.69 Å². The molecule has 0 spiro atoms. The summed E-state index contributed by atoms with van der Waals surface area (Å²) < 4.78 is 7.40. The van der Waals surface area contributed by atoms with E-state index in [1.165, 1.54) is 17.4 Å². The first kappa shape index (κ1) is 19.6. The summed E-state index contributed by atoms with van der Waals surface area (Å²) in [6.45, 7) is 6.13. The van der Waals surface area contributed by atoms with E-state index in [2.05, 4.69) is 34.6 Å². The number of carbonyl (C=O) groups excluding carboxylic acids is 1. The molecule has 1 aromatic heterocycles. The average molecular weight is 411 g/mol. The third-order valence-corrected chi connectivity index (χ3v) is 6.29. The van der Waals surface area contributed by atoms with Crippen LogP contribution in [-0.4, -0.2) is 59.4 Å². The number of fused-ring (bicyclic) bond motifs is 1. The van der Waals surface area contributed by atoms with Gasteiger partial charge in [-0.1, -0.05) is 23.9 Å². The van der Waals surface area contributed by atoms with Crippen molar-refractivity contribution in [2.75, 3.05) is 43.9 Å². The predicted octanol–water partition coefficient (Wildman–Crippen LogP) is 3.51.